The SMILES string of the molecule is CCn1c(-c2cccnc2[C@H](C)OC)c2c3cc(ccc31)-c1csc(n1)C[C@H](NC(=O)C[C@H](C)OC1CN(C(=O)C#CC(C)(C)N(C)C)C1)C(=O)N1CCC[C@H](N1)C(=O)OCC(C)(C)C2. The van der Waals surface area contributed by atoms with Gasteiger partial charge in [0.1, 0.15) is 12.1 Å². The molecule has 2 N–H and O–H groups in total. The van der Waals surface area contributed by atoms with Crippen LogP contribution in [0.25, 0.3) is 33.4 Å². The molecule has 3 amide bonds. The summed E-state index contributed by atoms with van der Waals surface area (Å²) in [4.78, 5) is 68.0. The zero-order valence-electron chi connectivity index (χ0n) is 39.4. The van der Waals surface area contributed by atoms with Gasteiger partial charge in [-0.3, -0.25) is 34.1 Å². The fraction of sp³-hybridized carbons (Fsp3) is 0.551. The van der Waals surface area contributed by atoms with Crippen LogP contribution in [0, 0.1) is 17.3 Å². The third-order valence-electron chi connectivity index (χ3n) is 12.8. The first-order valence-corrected chi connectivity index (χ1v) is 23.5. The minimum absolute atomic E-state index is 0.000991. The Hall–Kier alpha value is -5.18. The maximum absolute atomic E-state index is 14.4. The number of hydrogen-bond acceptors (Lipinski definition) is 12. The number of rotatable bonds is 10. The van der Waals surface area contributed by atoms with Gasteiger partial charge in [-0.25, -0.2) is 10.4 Å². The number of hydrazine groups is 1. The molecule has 3 aliphatic heterocycles. The van der Waals surface area contributed by atoms with Crippen molar-refractivity contribution in [3.8, 4) is 34.4 Å². The Kier molecular flexibility index (Phi) is 14.5. The summed E-state index contributed by atoms with van der Waals surface area (Å²) in [6, 6.07) is 8.73. The summed E-state index contributed by atoms with van der Waals surface area (Å²) < 4.78 is 20.4. The van der Waals surface area contributed by atoms with E-state index in [1.54, 1.807) is 18.2 Å². The van der Waals surface area contributed by atoms with Crippen molar-refractivity contribution in [2.24, 2.45) is 5.41 Å². The molecule has 7 rings (SSSR count). The van der Waals surface area contributed by atoms with E-state index in [1.165, 1.54) is 16.3 Å². The second-order valence-corrected chi connectivity index (χ2v) is 20.0. The van der Waals surface area contributed by atoms with Crippen LogP contribution < -0.4 is 10.7 Å². The van der Waals surface area contributed by atoms with Gasteiger partial charge in [0, 0.05) is 78.7 Å². The zero-order valence-corrected chi connectivity index (χ0v) is 40.3. The molecule has 6 bridgehead atoms. The number of benzene rings is 1. The van der Waals surface area contributed by atoms with E-state index in [0.29, 0.717) is 50.4 Å². The van der Waals surface area contributed by atoms with E-state index in [-0.39, 0.29) is 49.4 Å². The molecule has 6 heterocycles. The van der Waals surface area contributed by atoms with E-state index in [9.17, 15) is 19.2 Å². The van der Waals surface area contributed by atoms with Crippen LogP contribution in [0.15, 0.2) is 41.9 Å². The Morgan fingerprint density at radius 2 is 1.94 bits per heavy atom. The Bertz CT molecular complexity index is 2480. The van der Waals surface area contributed by atoms with E-state index in [4.69, 9.17) is 24.2 Å². The Labute approximate surface area is 386 Å². The number of cyclic esters (lactones) is 1. The lowest BCUT2D eigenvalue weighted by Crippen LogP contribution is -2.60. The summed E-state index contributed by atoms with van der Waals surface area (Å²) in [5.74, 6) is 4.36. The second kappa shape index (κ2) is 19.7. The average molecular weight is 909 g/mol. The molecule has 1 aromatic carbocycles. The van der Waals surface area contributed by atoms with Crippen LogP contribution in [0.3, 0.4) is 0 Å². The molecule has 348 valence electrons. The van der Waals surface area contributed by atoms with Gasteiger partial charge in [0.15, 0.2) is 0 Å². The van der Waals surface area contributed by atoms with Crippen molar-refractivity contribution in [2.45, 2.75) is 123 Å². The highest BCUT2D eigenvalue weighted by molar-refractivity contribution is 7.10. The summed E-state index contributed by atoms with van der Waals surface area (Å²) in [5, 5.41) is 8.16. The molecule has 0 saturated carbocycles. The molecule has 0 unspecified atom stereocenters. The highest BCUT2D eigenvalue weighted by atomic mass is 32.1. The van der Waals surface area contributed by atoms with Crippen molar-refractivity contribution in [3.05, 3.63) is 58.2 Å². The predicted molar refractivity (Wildman–Crippen MR) is 250 cm³/mol. The van der Waals surface area contributed by atoms with Gasteiger partial charge in [-0.2, -0.15) is 0 Å². The van der Waals surface area contributed by atoms with Crippen LogP contribution in [0.4, 0.5) is 0 Å². The van der Waals surface area contributed by atoms with E-state index in [0.717, 1.165) is 44.7 Å². The fourth-order valence-corrected chi connectivity index (χ4v) is 9.39. The quantitative estimate of drug-likeness (QED) is 0.152. The second-order valence-electron chi connectivity index (χ2n) is 19.0. The molecule has 15 nitrogen and oxygen atoms in total. The van der Waals surface area contributed by atoms with Gasteiger partial charge in [-0.15, -0.1) is 11.3 Å². The van der Waals surface area contributed by atoms with Crippen LogP contribution in [-0.4, -0.2) is 130 Å². The number of pyridine rings is 1. The summed E-state index contributed by atoms with van der Waals surface area (Å²) in [7, 11) is 5.52. The first kappa shape index (κ1) is 47.8. The molecule has 4 atom stereocenters. The van der Waals surface area contributed by atoms with E-state index < -0.39 is 35.1 Å². The number of fused-ring (bicyclic) bond motifs is 6. The number of nitrogens with one attached hydrogen (secondary N) is 2. The van der Waals surface area contributed by atoms with E-state index in [2.05, 4.69) is 72.2 Å². The van der Waals surface area contributed by atoms with Crippen LogP contribution in [-0.2, 0) is 52.8 Å². The molecular weight excluding hydrogens is 845 g/mol. The lowest BCUT2D eigenvalue weighted by molar-refractivity contribution is -0.155. The summed E-state index contributed by atoms with van der Waals surface area (Å²) >= 11 is 1.43. The van der Waals surface area contributed by atoms with Crippen molar-refractivity contribution in [2.75, 3.05) is 47.4 Å². The summed E-state index contributed by atoms with van der Waals surface area (Å²) in [6.45, 7) is 16.0. The van der Waals surface area contributed by atoms with Crippen LogP contribution in [0.5, 0.6) is 0 Å². The Morgan fingerprint density at radius 3 is 2.66 bits per heavy atom. The largest absolute Gasteiger partial charge is 0.464 e. The molecule has 16 heteroatoms. The van der Waals surface area contributed by atoms with Gasteiger partial charge in [-0.05, 0) is 104 Å². The molecule has 0 spiro atoms. The summed E-state index contributed by atoms with van der Waals surface area (Å²) in [6.07, 6.45) is 2.64. The first-order chi connectivity index (χ1) is 30.9. The van der Waals surface area contributed by atoms with Crippen molar-refractivity contribution in [3.63, 3.8) is 0 Å². The molecule has 2 saturated heterocycles. The molecular formula is C49H64N8O7S. The Balaban J connectivity index is 1.15. The van der Waals surface area contributed by atoms with E-state index >= 15 is 0 Å². The number of aromatic nitrogens is 3. The molecule has 4 aromatic rings. The molecule has 2 fully saturated rings. The van der Waals surface area contributed by atoms with Gasteiger partial charge in [0.2, 0.25) is 5.91 Å². The topological polar surface area (TPSA) is 160 Å². The molecule has 3 aromatic heterocycles. The van der Waals surface area contributed by atoms with Gasteiger partial charge in [-0.1, -0.05) is 25.8 Å². The smallest absolute Gasteiger partial charge is 0.324 e. The maximum Gasteiger partial charge on any atom is 0.324 e. The van der Waals surface area contributed by atoms with Crippen molar-refractivity contribution in [1.29, 1.82) is 0 Å². The van der Waals surface area contributed by atoms with Crippen LogP contribution >= 0.6 is 11.3 Å². The first-order valence-electron chi connectivity index (χ1n) is 22.6. The number of methoxy groups -OCH3 is 1. The number of ether oxygens (including phenoxy) is 3. The number of likely N-dealkylation sites (tertiary alicyclic amines) is 1. The average Bonchev–Trinajstić information content (AvgIpc) is 3.86. The lowest BCUT2D eigenvalue weighted by Gasteiger charge is -2.39. The van der Waals surface area contributed by atoms with Gasteiger partial charge in [0.05, 0.1) is 59.0 Å². The van der Waals surface area contributed by atoms with Gasteiger partial charge < -0.3 is 29.0 Å². The number of carbonyl (C=O) groups excluding carboxylic acids is 4. The van der Waals surface area contributed by atoms with Gasteiger partial charge >= 0.3 is 5.97 Å². The van der Waals surface area contributed by atoms with Crippen molar-refractivity contribution < 1.29 is 33.4 Å². The number of aryl methyl sites for hydroxylation is 1. The summed E-state index contributed by atoms with van der Waals surface area (Å²) in [5.41, 5.74) is 8.95. The maximum atomic E-state index is 14.4. The fourth-order valence-electron chi connectivity index (χ4n) is 8.54. The highest BCUT2D eigenvalue weighted by Gasteiger charge is 2.37. The number of amides is 3. The van der Waals surface area contributed by atoms with Crippen LogP contribution in [0.2, 0.25) is 0 Å². The third-order valence-corrected chi connectivity index (χ3v) is 13.7. The number of nitrogens with zero attached hydrogens (tertiary/aromatic N) is 6. The van der Waals surface area contributed by atoms with Crippen molar-refractivity contribution in [1.82, 2.24) is 40.1 Å². The molecule has 3 aliphatic rings. The zero-order chi connectivity index (χ0) is 46.8. The minimum Gasteiger partial charge on any atom is -0.464 e. The van der Waals surface area contributed by atoms with E-state index in [1.807, 2.05) is 58.1 Å². The lowest BCUT2D eigenvalue weighted by atomic mass is 9.84. The monoisotopic (exact) mass is 908 g/mol. The molecule has 0 aliphatic carbocycles. The van der Waals surface area contributed by atoms with Gasteiger partial charge in [0.25, 0.3) is 11.8 Å². The predicted octanol–water partition coefficient (Wildman–Crippen LogP) is 5.55. The number of esters is 1. The highest BCUT2D eigenvalue weighted by Crippen LogP contribution is 2.42. The van der Waals surface area contributed by atoms with Crippen LogP contribution in [0.1, 0.15) is 90.1 Å². The molecule has 0 radical (unpaired) electrons. The minimum atomic E-state index is -0.978. The number of thiazole rings is 1. The number of hydrogen-bond donors (Lipinski definition) is 2. The number of carbonyl (C=O) groups is 4. The normalized spacial score (nSPS) is 20.4. The third kappa shape index (κ3) is 10.8. The molecule has 65 heavy (non-hydrogen) atoms. The van der Waals surface area contributed by atoms with Crippen molar-refractivity contribution >= 4 is 45.9 Å². The standard InChI is InChI=1S/C49H64N8O7S/c1-11-56-40-17-16-32-23-35(40)36(45(56)34-14-12-20-50-44(34)31(3)62-10)25-48(4,5)29-63-47(61)37-15-13-21-57(53-37)46(60)38(24-42-52-39(32)28-65-42)51-41(58)22-30(2)64-33-26-55(27-33)43(59)18-19-49(6,7)54(8)9/h12,14,16-17,20,23,28,30-31,33,37-38,53H,11,13,15,21-22,24-27,29H2,1-10H3,(H,51,58)/t30-,31-,37-,38-/m0/s1. The Morgan fingerprint density at radius 1 is 1.17 bits per heavy atom.